The second-order valence-electron chi connectivity index (χ2n) is 10.2. The van der Waals surface area contributed by atoms with E-state index in [0.29, 0.717) is 56.0 Å². The van der Waals surface area contributed by atoms with Gasteiger partial charge < -0.3 is 40.8 Å². The van der Waals surface area contributed by atoms with Gasteiger partial charge in [-0.25, -0.2) is 0 Å². The first-order valence-corrected chi connectivity index (χ1v) is 14.4. The number of phenolic OH excluding ortho intramolecular Hbond substituents is 2. The number of allylic oxidation sites excluding steroid dienone is 2. The minimum absolute atomic E-state index is 0.00292. The molecule has 42 heavy (non-hydrogen) atoms. The highest BCUT2D eigenvalue weighted by atomic mass is 16.5. The number of guanidine groups is 1. The first-order valence-electron chi connectivity index (χ1n) is 14.4. The lowest BCUT2D eigenvalue weighted by molar-refractivity contribution is -0.114. The monoisotopic (exact) mass is 582 g/mol. The van der Waals surface area contributed by atoms with Crippen LogP contribution in [0, 0.1) is 11.8 Å². The van der Waals surface area contributed by atoms with E-state index in [1.54, 1.807) is 37.4 Å². The number of anilines is 1. The topological polar surface area (TPSA) is 156 Å². The standard InChI is InChI=1S/C32H46N4O6/c1-5-22(14-16-37)6-7-23(8-11-26(38)12-9-24-10-13-28(39)29(20-24)41-4)18-25-19-27(36-32(33)35-3)31(40)30(21-25)42-17-15-34-2/h8,10-11,13,16,19-23,34,39-40H,5-7,9,12,14-15,17-18H2,1-4H3,(H3,33,35,36)/t22-,23-/m1/s1. The minimum Gasteiger partial charge on any atom is -0.504 e. The third kappa shape index (κ3) is 11.4. The number of phenols is 2. The smallest absolute Gasteiger partial charge is 0.192 e. The van der Waals surface area contributed by atoms with Crippen molar-refractivity contribution in [1.82, 2.24) is 5.32 Å². The van der Waals surface area contributed by atoms with Gasteiger partial charge in [0.2, 0.25) is 0 Å². The molecule has 2 rings (SSSR count). The molecule has 0 aliphatic rings. The molecule has 2 aromatic rings. The number of ether oxygens (including phenoxy) is 2. The molecule has 230 valence electrons. The maximum atomic E-state index is 12.8. The van der Waals surface area contributed by atoms with E-state index >= 15 is 0 Å². The van der Waals surface area contributed by atoms with Gasteiger partial charge in [-0.1, -0.05) is 25.5 Å². The summed E-state index contributed by atoms with van der Waals surface area (Å²) in [5.74, 6) is 1.11. The number of carbonyl (C=O) groups excluding carboxylic acids is 2. The van der Waals surface area contributed by atoms with Crippen molar-refractivity contribution in [3.05, 3.63) is 53.6 Å². The third-order valence-electron chi connectivity index (χ3n) is 7.16. The highest BCUT2D eigenvalue weighted by Crippen LogP contribution is 2.37. The second-order valence-corrected chi connectivity index (χ2v) is 10.2. The molecule has 10 heteroatoms. The molecule has 6 N–H and O–H groups in total. The van der Waals surface area contributed by atoms with Gasteiger partial charge in [0, 0.05) is 26.4 Å². The first-order chi connectivity index (χ1) is 20.2. The van der Waals surface area contributed by atoms with Crippen LogP contribution in [0.15, 0.2) is 47.5 Å². The number of aliphatic imine (C=N–C) groups is 1. The maximum absolute atomic E-state index is 12.8. The molecule has 0 fully saturated rings. The van der Waals surface area contributed by atoms with Crippen molar-refractivity contribution >= 4 is 23.7 Å². The maximum Gasteiger partial charge on any atom is 0.192 e. The van der Waals surface area contributed by atoms with Crippen LogP contribution in [0.5, 0.6) is 23.0 Å². The van der Waals surface area contributed by atoms with Crippen LogP contribution in [0.25, 0.3) is 0 Å². The lowest BCUT2D eigenvalue weighted by Crippen LogP contribution is -2.22. The molecule has 0 saturated carbocycles. The number of nitrogens with one attached hydrogen (secondary N) is 2. The number of rotatable bonds is 19. The van der Waals surface area contributed by atoms with Gasteiger partial charge in [0.25, 0.3) is 0 Å². The molecule has 0 aliphatic heterocycles. The molecule has 0 amide bonds. The number of ketones is 1. The molecule has 0 bridgehead atoms. The molecular weight excluding hydrogens is 536 g/mol. The fraction of sp³-hybridized carbons (Fsp3) is 0.469. The molecule has 0 aliphatic carbocycles. The Hall–Kier alpha value is -4.05. The van der Waals surface area contributed by atoms with Crippen molar-refractivity contribution in [2.24, 2.45) is 22.6 Å². The van der Waals surface area contributed by atoms with Crippen LogP contribution in [-0.4, -0.2) is 62.6 Å². The number of nitrogens with two attached hydrogens (primary N) is 1. The van der Waals surface area contributed by atoms with Gasteiger partial charge >= 0.3 is 0 Å². The highest BCUT2D eigenvalue weighted by Gasteiger charge is 2.17. The fourth-order valence-corrected chi connectivity index (χ4v) is 4.56. The van der Waals surface area contributed by atoms with Gasteiger partial charge in [-0.05, 0) is 86.0 Å². The zero-order valence-corrected chi connectivity index (χ0v) is 25.2. The molecule has 10 nitrogen and oxygen atoms in total. The van der Waals surface area contributed by atoms with E-state index in [1.807, 2.05) is 19.2 Å². The Morgan fingerprint density at radius 2 is 1.90 bits per heavy atom. The average molecular weight is 583 g/mol. The number of benzene rings is 2. The Kier molecular flexibility index (Phi) is 15.0. The van der Waals surface area contributed by atoms with E-state index in [1.165, 1.54) is 7.11 Å². The number of methoxy groups -OCH3 is 1. The Morgan fingerprint density at radius 1 is 1.14 bits per heavy atom. The summed E-state index contributed by atoms with van der Waals surface area (Å²) in [7, 11) is 4.86. The molecule has 0 radical (unpaired) electrons. The Morgan fingerprint density at radius 3 is 2.57 bits per heavy atom. The number of likely N-dealkylation sites (N-methyl/N-ethyl adjacent to an activating group) is 1. The normalized spacial score (nSPS) is 13.1. The summed E-state index contributed by atoms with van der Waals surface area (Å²) in [6.07, 6.45) is 8.98. The predicted octanol–water partition coefficient (Wildman–Crippen LogP) is 4.37. The molecule has 0 spiro atoms. The minimum atomic E-state index is -0.0633. The third-order valence-corrected chi connectivity index (χ3v) is 7.16. The van der Waals surface area contributed by atoms with E-state index in [9.17, 15) is 19.8 Å². The summed E-state index contributed by atoms with van der Waals surface area (Å²) in [5, 5.41) is 26.6. The van der Waals surface area contributed by atoms with Crippen molar-refractivity contribution in [3.63, 3.8) is 0 Å². The number of nitrogens with zero attached hydrogens (tertiary/aromatic N) is 1. The van der Waals surface area contributed by atoms with Gasteiger partial charge in [0.05, 0.1) is 12.8 Å². The van der Waals surface area contributed by atoms with Crippen LogP contribution >= 0.6 is 0 Å². The number of carbonyl (C=O) groups is 2. The summed E-state index contributed by atoms with van der Waals surface area (Å²) in [4.78, 5) is 27.9. The predicted molar refractivity (Wildman–Crippen MR) is 167 cm³/mol. The number of aromatic hydroxyl groups is 2. The zero-order chi connectivity index (χ0) is 30.9. The van der Waals surface area contributed by atoms with Crippen molar-refractivity contribution in [2.45, 2.75) is 51.9 Å². The number of aldehydes is 1. The van der Waals surface area contributed by atoms with E-state index in [2.05, 4.69) is 22.5 Å². The van der Waals surface area contributed by atoms with Crippen LogP contribution in [0.3, 0.4) is 0 Å². The molecular formula is C32H46N4O6. The van der Waals surface area contributed by atoms with Gasteiger partial charge in [0.15, 0.2) is 34.7 Å². The summed E-state index contributed by atoms with van der Waals surface area (Å²) >= 11 is 0. The van der Waals surface area contributed by atoms with E-state index in [-0.39, 0.29) is 35.1 Å². The average Bonchev–Trinajstić information content (AvgIpc) is 2.99. The Bertz CT molecular complexity index is 1210. The summed E-state index contributed by atoms with van der Waals surface area (Å²) < 4.78 is 11.0. The number of aryl methyl sites for hydroxylation is 1. The summed E-state index contributed by atoms with van der Waals surface area (Å²) in [6, 6.07) is 8.68. The lowest BCUT2D eigenvalue weighted by atomic mass is 9.88. The van der Waals surface area contributed by atoms with Crippen molar-refractivity contribution < 1.29 is 29.3 Å². The second kappa shape index (κ2) is 18.4. The lowest BCUT2D eigenvalue weighted by Gasteiger charge is -2.19. The Labute approximate surface area is 249 Å². The molecule has 0 saturated heterocycles. The molecule has 0 unspecified atom stereocenters. The van der Waals surface area contributed by atoms with Crippen LogP contribution < -0.4 is 25.8 Å². The van der Waals surface area contributed by atoms with Crippen LogP contribution in [-0.2, 0) is 22.4 Å². The molecule has 0 aromatic heterocycles. The Balaban J connectivity index is 2.26. The van der Waals surface area contributed by atoms with E-state index < -0.39 is 0 Å². The molecule has 2 aromatic carbocycles. The fourth-order valence-electron chi connectivity index (χ4n) is 4.56. The molecule has 0 heterocycles. The van der Waals surface area contributed by atoms with Gasteiger partial charge in [-0.3, -0.25) is 9.79 Å². The quantitative estimate of drug-likeness (QED) is 0.0405. The largest absolute Gasteiger partial charge is 0.504 e. The number of hydrogen-bond donors (Lipinski definition) is 5. The van der Waals surface area contributed by atoms with Crippen molar-refractivity contribution in [3.8, 4) is 23.0 Å². The van der Waals surface area contributed by atoms with Gasteiger partial charge in [-0.15, -0.1) is 0 Å². The summed E-state index contributed by atoms with van der Waals surface area (Å²) in [5.41, 5.74) is 8.04. The van der Waals surface area contributed by atoms with Gasteiger partial charge in [-0.2, -0.15) is 0 Å². The van der Waals surface area contributed by atoms with Crippen LogP contribution in [0.1, 0.15) is 50.2 Å². The van der Waals surface area contributed by atoms with Crippen molar-refractivity contribution in [1.29, 1.82) is 0 Å². The zero-order valence-electron chi connectivity index (χ0n) is 25.2. The summed E-state index contributed by atoms with van der Waals surface area (Å²) in [6.45, 7) is 3.04. The van der Waals surface area contributed by atoms with Gasteiger partial charge in [0.1, 0.15) is 12.9 Å². The van der Waals surface area contributed by atoms with Crippen molar-refractivity contribution in [2.75, 3.05) is 39.7 Å². The first kappa shape index (κ1) is 34.2. The SMILES string of the molecule is CC[C@@H](CC=O)CC[C@H](C=CC(=O)CCc1ccc(O)c(OC)c1)Cc1cc(NC(N)=NC)c(O)c(OCCNC)c1. The molecule has 2 atom stereocenters. The van der Waals surface area contributed by atoms with Crippen LogP contribution in [0.4, 0.5) is 5.69 Å². The van der Waals surface area contributed by atoms with E-state index in [0.717, 1.165) is 36.7 Å². The number of hydrogen-bond acceptors (Lipinski definition) is 8. The van der Waals surface area contributed by atoms with E-state index in [4.69, 9.17) is 15.2 Å². The van der Waals surface area contributed by atoms with Crippen LogP contribution in [0.2, 0.25) is 0 Å². The highest BCUT2D eigenvalue weighted by molar-refractivity contribution is 5.94.